The van der Waals surface area contributed by atoms with Crippen molar-refractivity contribution < 1.29 is 0 Å². The van der Waals surface area contributed by atoms with Crippen molar-refractivity contribution in [3.05, 3.63) is 39.0 Å². The molecule has 6 heteroatoms. The number of thiophene rings is 1. The second-order valence-corrected chi connectivity index (χ2v) is 8.63. The highest BCUT2D eigenvalue weighted by atomic mass is 35.5. The molecule has 2 heterocycles. The van der Waals surface area contributed by atoms with Crippen molar-refractivity contribution in [2.75, 3.05) is 0 Å². The molecule has 2 aromatic rings. The molecule has 2 aromatic heterocycles. The van der Waals surface area contributed by atoms with Gasteiger partial charge in [-0.15, -0.1) is 11.3 Å². The van der Waals surface area contributed by atoms with Gasteiger partial charge in [0, 0.05) is 31.0 Å². The quantitative estimate of drug-likeness (QED) is 0.824. The molecule has 0 radical (unpaired) electrons. The Kier molecular flexibility index (Phi) is 5.36. The fourth-order valence-electron chi connectivity index (χ4n) is 2.22. The molecule has 3 nitrogen and oxygen atoms in total. The minimum Gasteiger partial charge on any atom is -0.336 e. The summed E-state index contributed by atoms with van der Waals surface area (Å²) in [6.07, 6.45) is 5.64. The Morgan fingerprint density at radius 2 is 2.10 bits per heavy atom. The third-order valence-electron chi connectivity index (χ3n) is 3.60. The molecule has 0 saturated heterocycles. The highest BCUT2D eigenvalue weighted by molar-refractivity contribution is 7.20. The lowest BCUT2D eigenvalue weighted by molar-refractivity contribution is 0.226. The minimum absolute atomic E-state index is 0.116. The topological polar surface area (TPSA) is 29.9 Å². The minimum atomic E-state index is 0.116. The predicted molar refractivity (Wildman–Crippen MR) is 91.4 cm³/mol. The number of hydrogen-bond acceptors (Lipinski definition) is 3. The van der Waals surface area contributed by atoms with Crippen molar-refractivity contribution in [2.24, 2.45) is 5.41 Å². The molecule has 0 amide bonds. The van der Waals surface area contributed by atoms with Crippen LogP contribution in [0.2, 0.25) is 8.67 Å². The maximum atomic E-state index is 6.26. The number of hydrogen-bond donors (Lipinski definition) is 1. The molecule has 0 bridgehead atoms. The van der Waals surface area contributed by atoms with E-state index in [0.717, 1.165) is 20.8 Å². The SMILES string of the molecule is CC(NC(Cn1ccnc1)C(C)(C)C)c1cc(Cl)sc1Cl. The summed E-state index contributed by atoms with van der Waals surface area (Å²) < 4.78 is 3.58. The van der Waals surface area contributed by atoms with Crippen LogP contribution in [0.4, 0.5) is 0 Å². The summed E-state index contributed by atoms with van der Waals surface area (Å²) >= 11 is 13.7. The van der Waals surface area contributed by atoms with Crippen molar-refractivity contribution in [1.82, 2.24) is 14.9 Å². The van der Waals surface area contributed by atoms with E-state index in [1.54, 1.807) is 6.20 Å². The van der Waals surface area contributed by atoms with Gasteiger partial charge >= 0.3 is 0 Å². The van der Waals surface area contributed by atoms with E-state index in [9.17, 15) is 0 Å². The first-order valence-corrected chi connectivity index (χ1v) is 8.51. The van der Waals surface area contributed by atoms with Gasteiger partial charge < -0.3 is 9.88 Å². The Morgan fingerprint density at radius 3 is 2.57 bits per heavy atom. The van der Waals surface area contributed by atoms with Gasteiger partial charge in [0.15, 0.2) is 0 Å². The lowest BCUT2D eigenvalue weighted by Gasteiger charge is -2.34. The Labute approximate surface area is 140 Å². The number of nitrogens with zero attached hydrogens (tertiary/aromatic N) is 2. The van der Waals surface area contributed by atoms with Gasteiger partial charge in [0.1, 0.15) is 0 Å². The van der Waals surface area contributed by atoms with Crippen LogP contribution in [0.25, 0.3) is 0 Å². The van der Waals surface area contributed by atoms with Crippen LogP contribution in [0.15, 0.2) is 24.8 Å². The highest BCUT2D eigenvalue weighted by Crippen LogP contribution is 2.35. The molecule has 116 valence electrons. The summed E-state index contributed by atoms with van der Waals surface area (Å²) in [6, 6.07) is 2.38. The highest BCUT2D eigenvalue weighted by Gasteiger charge is 2.27. The molecule has 2 rings (SSSR count). The molecule has 1 N–H and O–H groups in total. The predicted octanol–water partition coefficient (Wildman–Crippen LogP) is 5.02. The zero-order valence-electron chi connectivity index (χ0n) is 12.7. The molecule has 21 heavy (non-hydrogen) atoms. The second kappa shape index (κ2) is 6.69. The summed E-state index contributed by atoms with van der Waals surface area (Å²) in [6.45, 7) is 9.68. The van der Waals surface area contributed by atoms with Gasteiger partial charge in [-0.1, -0.05) is 44.0 Å². The van der Waals surface area contributed by atoms with Crippen LogP contribution in [-0.2, 0) is 6.54 Å². The smallest absolute Gasteiger partial charge is 0.0991 e. The summed E-state index contributed by atoms with van der Waals surface area (Å²) in [5, 5.41) is 3.68. The molecule has 0 saturated carbocycles. The zero-order valence-corrected chi connectivity index (χ0v) is 15.1. The standard InChI is InChI=1S/C15H21Cl2N3S/c1-10(11-7-13(16)21-14(11)17)19-12(15(2,3)4)8-20-6-5-18-9-20/h5-7,9-10,12,19H,8H2,1-4H3. The Bertz CT molecular complexity index is 572. The second-order valence-electron chi connectivity index (χ2n) is 6.35. The van der Waals surface area contributed by atoms with Gasteiger partial charge in [-0.05, 0) is 24.0 Å². The van der Waals surface area contributed by atoms with Crippen molar-refractivity contribution in [1.29, 1.82) is 0 Å². The number of aromatic nitrogens is 2. The Morgan fingerprint density at radius 1 is 1.38 bits per heavy atom. The fourth-order valence-corrected chi connectivity index (χ4v) is 3.87. The van der Waals surface area contributed by atoms with Crippen LogP contribution in [-0.4, -0.2) is 15.6 Å². The van der Waals surface area contributed by atoms with E-state index in [1.807, 2.05) is 18.6 Å². The monoisotopic (exact) mass is 345 g/mol. The Hall–Kier alpha value is -0.550. The number of rotatable bonds is 5. The van der Waals surface area contributed by atoms with E-state index in [0.29, 0.717) is 0 Å². The molecule has 2 atom stereocenters. The van der Waals surface area contributed by atoms with E-state index in [2.05, 4.69) is 42.6 Å². The lowest BCUT2D eigenvalue weighted by atomic mass is 9.86. The van der Waals surface area contributed by atoms with Gasteiger partial charge in [-0.3, -0.25) is 0 Å². The largest absolute Gasteiger partial charge is 0.336 e. The molecule has 0 aliphatic rings. The normalized spacial score (nSPS) is 15.1. The molecule has 0 aliphatic heterocycles. The van der Waals surface area contributed by atoms with Gasteiger partial charge in [0.25, 0.3) is 0 Å². The van der Waals surface area contributed by atoms with Crippen LogP contribution < -0.4 is 5.32 Å². The maximum absolute atomic E-state index is 6.26. The van der Waals surface area contributed by atoms with Crippen LogP contribution in [0.3, 0.4) is 0 Å². The van der Waals surface area contributed by atoms with Crippen LogP contribution >= 0.6 is 34.5 Å². The summed E-state index contributed by atoms with van der Waals surface area (Å²) in [4.78, 5) is 4.11. The number of halogens is 2. The van der Waals surface area contributed by atoms with Gasteiger partial charge in [0.2, 0.25) is 0 Å². The third kappa shape index (κ3) is 4.46. The van der Waals surface area contributed by atoms with Crippen molar-refractivity contribution >= 4 is 34.5 Å². The first-order valence-electron chi connectivity index (χ1n) is 6.94. The molecular weight excluding hydrogens is 325 g/mol. The molecular formula is C15H21Cl2N3S. The number of nitrogens with one attached hydrogen (secondary N) is 1. The molecule has 0 aromatic carbocycles. The third-order valence-corrected chi connectivity index (χ3v) is 5.12. The first kappa shape index (κ1) is 16.8. The van der Waals surface area contributed by atoms with E-state index in [1.165, 1.54) is 11.3 Å². The van der Waals surface area contributed by atoms with Gasteiger partial charge in [0.05, 0.1) is 15.0 Å². The van der Waals surface area contributed by atoms with Crippen LogP contribution in [0, 0.1) is 5.41 Å². The van der Waals surface area contributed by atoms with E-state index in [-0.39, 0.29) is 17.5 Å². The van der Waals surface area contributed by atoms with Gasteiger partial charge in [-0.2, -0.15) is 0 Å². The summed E-state index contributed by atoms with van der Waals surface area (Å²) in [7, 11) is 0. The average molecular weight is 346 g/mol. The van der Waals surface area contributed by atoms with Crippen molar-refractivity contribution in [3.63, 3.8) is 0 Å². The molecule has 2 unspecified atom stereocenters. The van der Waals surface area contributed by atoms with Gasteiger partial charge in [-0.25, -0.2) is 4.98 Å². The van der Waals surface area contributed by atoms with Crippen molar-refractivity contribution in [2.45, 2.75) is 46.3 Å². The molecule has 0 spiro atoms. The Balaban J connectivity index is 2.13. The average Bonchev–Trinajstić information content (AvgIpc) is 2.96. The number of imidazole rings is 1. The van der Waals surface area contributed by atoms with Crippen LogP contribution in [0.1, 0.15) is 39.3 Å². The molecule has 0 aliphatic carbocycles. The lowest BCUT2D eigenvalue weighted by Crippen LogP contribution is -2.44. The van der Waals surface area contributed by atoms with E-state index < -0.39 is 0 Å². The van der Waals surface area contributed by atoms with Crippen LogP contribution in [0.5, 0.6) is 0 Å². The fraction of sp³-hybridized carbons (Fsp3) is 0.533. The summed E-state index contributed by atoms with van der Waals surface area (Å²) in [5.41, 5.74) is 1.18. The molecule has 0 fully saturated rings. The van der Waals surface area contributed by atoms with E-state index >= 15 is 0 Å². The zero-order chi connectivity index (χ0) is 15.6. The first-order chi connectivity index (χ1) is 9.77. The maximum Gasteiger partial charge on any atom is 0.0991 e. The van der Waals surface area contributed by atoms with Crippen molar-refractivity contribution in [3.8, 4) is 0 Å². The van der Waals surface area contributed by atoms with E-state index in [4.69, 9.17) is 23.2 Å². The summed E-state index contributed by atoms with van der Waals surface area (Å²) in [5.74, 6) is 0.